The van der Waals surface area contributed by atoms with Gasteiger partial charge in [0.1, 0.15) is 0 Å². The number of anilines is 2. The molecule has 2 saturated heterocycles. The van der Waals surface area contributed by atoms with Crippen molar-refractivity contribution in [3.63, 3.8) is 0 Å². The number of hydrogen-bond donors (Lipinski definition) is 2. The van der Waals surface area contributed by atoms with Crippen LogP contribution >= 0.6 is 12.4 Å². The van der Waals surface area contributed by atoms with Crippen LogP contribution in [-0.2, 0) is 9.59 Å². The Labute approximate surface area is 155 Å². The van der Waals surface area contributed by atoms with Crippen LogP contribution in [0.1, 0.15) is 44.9 Å². The quantitative estimate of drug-likeness (QED) is 0.841. The van der Waals surface area contributed by atoms with Crippen LogP contribution in [0.2, 0.25) is 0 Å². The minimum absolute atomic E-state index is 0. The first-order valence-electron chi connectivity index (χ1n) is 9.13. The Morgan fingerprint density at radius 3 is 2.80 bits per heavy atom. The summed E-state index contributed by atoms with van der Waals surface area (Å²) >= 11 is 0. The maximum atomic E-state index is 12.2. The van der Waals surface area contributed by atoms with Gasteiger partial charge in [-0.3, -0.25) is 9.59 Å². The van der Waals surface area contributed by atoms with E-state index in [4.69, 9.17) is 0 Å². The zero-order valence-corrected chi connectivity index (χ0v) is 15.4. The zero-order valence-electron chi connectivity index (χ0n) is 14.6. The number of rotatable bonds is 5. The third kappa shape index (κ3) is 5.72. The molecule has 0 spiro atoms. The third-order valence-corrected chi connectivity index (χ3v) is 5.00. The van der Waals surface area contributed by atoms with Crippen molar-refractivity contribution in [2.24, 2.45) is 5.92 Å². The molecular weight excluding hydrogens is 338 g/mol. The van der Waals surface area contributed by atoms with Gasteiger partial charge in [-0.05, 0) is 69.3 Å². The Kier molecular flexibility index (Phi) is 7.72. The second-order valence-electron chi connectivity index (χ2n) is 6.83. The van der Waals surface area contributed by atoms with Crippen molar-refractivity contribution in [1.29, 1.82) is 0 Å². The van der Waals surface area contributed by atoms with Gasteiger partial charge in [-0.2, -0.15) is 0 Å². The summed E-state index contributed by atoms with van der Waals surface area (Å²) in [6, 6.07) is 7.64. The van der Waals surface area contributed by atoms with Gasteiger partial charge in [0.25, 0.3) is 0 Å². The molecule has 0 unspecified atom stereocenters. The van der Waals surface area contributed by atoms with E-state index < -0.39 is 0 Å². The fourth-order valence-corrected chi connectivity index (χ4v) is 3.56. The predicted octanol–water partition coefficient (Wildman–Crippen LogP) is 3.34. The summed E-state index contributed by atoms with van der Waals surface area (Å²) in [4.78, 5) is 26.1. The van der Waals surface area contributed by atoms with Crippen molar-refractivity contribution in [2.45, 2.75) is 44.9 Å². The van der Waals surface area contributed by atoms with E-state index in [1.54, 1.807) is 0 Å². The molecule has 0 bridgehead atoms. The lowest BCUT2D eigenvalue weighted by atomic mass is 9.93. The molecule has 0 atom stereocenters. The molecule has 5 nitrogen and oxygen atoms in total. The number of nitrogens with one attached hydrogen (secondary N) is 2. The summed E-state index contributed by atoms with van der Waals surface area (Å²) in [5.74, 6) is 0.903. The molecule has 25 heavy (non-hydrogen) atoms. The normalized spacial score (nSPS) is 18.6. The maximum absolute atomic E-state index is 12.2. The number of carbonyl (C=O) groups is 2. The number of benzene rings is 1. The Hall–Kier alpha value is -1.59. The van der Waals surface area contributed by atoms with Crippen molar-refractivity contribution in [3.8, 4) is 0 Å². The highest BCUT2D eigenvalue weighted by atomic mass is 35.5. The van der Waals surface area contributed by atoms with E-state index in [2.05, 4.69) is 10.6 Å². The van der Waals surface area contributed by atoms with Gasteiger partial charge in [0, 0.05) is 30.8 Å². The SMILES string of the molecule is Cl.O=C(CCC1CCNCC1)Nc1cccc(N2CCCCC2=O)c1. The smallest absolute Gasteiger partial charge is 0.226 e. The van der Waals surface area contributed by atoms with Crippen LogP contribution in [0.3, 0.4) is 0 Å². The Balaban J connectivity index is 0.00000225. The average Bonchev–Trinajstić information content (AvgIpc) is 2.61. The molecule has 0 aliphatic carbocycles. The summed E-state index contributed by atoms with van der Waals surface area (Å²) in [7, 11) is 0. The van der Waals surface area contributed by atoms with Crippen molar-refractivity contribution in [1.82, 2.24) is 5.32 Å². The van der Waals surface area contributed by atoms with Crippen molar-refractivity contribution in [3.05, 3.63) is 24.3 Å². The fraction of sp³-hybridized carbons (Fsp3) is 0.579. The number of carbonyl (C=O) groups excluding carboxylic acids is 2. The van der Waals surface area contributed by atoms with Crippen molar-refractivity contribution < 1.29 is 9.59 Å². The van der Waals surface area contributed by atoms with Gasteiger partial charge in [-0.1, -0.05) is 6.07 Å². The van der Waals surface area contributed by atoms with Crippen LogP contribution < -0.4 is 15.5 Å². The first-order chi connectivity index (χ1) is 11.7. The molecular formula is C19H28ClN3O2. The summed E-state index contributed by atoms with van der Waals surface area (Å²) in [5.41, 5.74) is 1.66. The molecule has 2 fully saturated rings. The highest BCUT2D eigenvalue weighted by molar-refractivity contribution is 5.96. The largest absolute Gasteiger partial charge is 0.326 e. The van der Waals surface area contributed by atoms with Gasteiger partial charge in [-0.25, -0.2) is 0 Å². The monoisotopic (exact) mass is 365 g/mol. The first-order valence-corrected chi connectivity index (χ1v) is 9.13. The molecule has 1 aromatic carbocycles. The Morgan fingerprint density at radius 2 is 2.04 bits per heavy atom. The van der Waals surface area contributed by atoms with E-state index in [1.165, 1.54) is 12.8 Å². The predicted molar refractivity (Wildman–Crippen MR) is 103 cm³/mol. The summed E-state index contributed by atoms with van der Waals surface area (Å²) in [5, 5.41) is 6.33. The molecule has 0 aromatic heterocycles. The number of halogens is 1. The summed E-state index contributed by atoms with van der Waals surface area (Å²) in [6.07, 6.45) is 6.49. The summed E-state index contributed by atoms with van der Waals surface area (Å²) in [6.45, 7) is 2.91. The average molecular weight is 366 g/mol. The fourth-order valence-electron chi connectivity index (χ4n) is 3.56. The molecule has 2 heterocycles. The lowest BCUT2D eigenvalue weighted by Gasteiger charge is -2.27. The molecule has 3 rings (SSSR count). The van der Waals surface area contributed by atoms with E-state index >= 15 is 0 Å². The zero-order chi connectivity index (χ0) is 16.8. The van der Waals surface area contributed by atoms with Crippen LogP contribution in [-0.4, -0.2) is 31.4 Å². The van der Waals surface area contributed by atoms with Crippen molar-refractivity contribution in [2.75, 3.05) is 29.9 Å². The van der Waals surface area contributed by atoms with Crippen LogP contribution in [0, 0.1) is 5.92 Å². The number of nitrogens with zero attached hydrogens (tertiary/aromatic N) is 1. The minimum atomic E-state index is 0. The molecule has 1 aromatic rings. The molecule has 6 heteroatoms. The number of piperidine rings is 2. The van der Waals surface area contributed by atoms with E-state index in [-0.39, 0.29) is 24.2 Å². The highest BCUT2D eigenvalue weighted by Crippen LogP contribution is 2.24. The van der Waals surface area contributed by atoms with Gasteiger partial charge in [0.05, 0.1) is 0 Å². The molecule has 0 saturated carbocycles. The topological polar surface area (TPSA) is 61.4 Å². The second-order valence-corrected chi connectivity index (χ2v) is 6.83. The van der Waals surface area contributed by atoms with Crippen LogP contribution in [0.4, 0.5) is 11.4 Å². The molecule has 2 aliphatic heterocycles. The molecule has 2 aliphatic rings. The second kappa shape index (κ2) is 9.78. The maximum Gasteiger partial charge on any atom is 0.226 e. The summed E-state index contributed by atoms with van der Waals surface area (Å²) < 4.78 is 0. The van der Waals surface area contributed by atoms with E-state index in [1.807, 2.05) is 29.2 Å². The van der Waals surface area contributed by atoms with Gasteiger partial charge < -0.3 is 15.5 Å². The lowest BCUT2D eigenvalue weighted by Crippen LogP contribution is -2.35. The molecule has 0 radical (unpaired) electrons. The van der Waals surface area contributed by atoms with Gasteiger partial charge in [0.15, 0.2) is 0 Å². The highest BCUT2D eigenvalue weighted by Gasteiger charge is 2.20. The molecule has 138 valence electrons. The van der Waals surface area contributed by atoms with Crippen molar-refractivity contribution >= 4 is 35.6 Å². The third-order valence-electron chi connectivity index (χ3n) is 5.00. The van der Waals surface area contributed by atoms with Gasteiger partial charge in [0.2, 0.25) is 11.8 Å². The van der Waals surface area contributed by atoms with E-state index in [0.717, 1.165) is 50.3 Å². The standard InChI is InChI=1S/C19H27N3O2.ClH/c23-18(8-7-15-9-11-20-12-10-15)21-16-4-3-5-17(14-16)22-13-2-1-6-19(22)24;/h3-5,14-15,20H,1-2,6-13H2,(H,21,23);1H. The van der Waals surface area contributed by atoms with E-state index in [9.17, 15) is 9.59 Å². The van der Waals surface area contributed by atoms with Crippen LogP contribution in [0.15, 0.2) is 24.3 Å². The van der Waals surface area contributed by atoms with Gasteiger partial charge in [-0.15, -0.1) is 12.4 Å². The van der Waals surface area contributed by atoms with E-state index in [0.29, 0.717) is 18.8 Å². The molecule has 2 N–H and O–H groups in total. The minimum Gasteiger partial charge on any atom is -0.326 e. The van der Waals surface area contributed by atoms with Gasteiger partial charge >= 0.3 is 0 Å². The van der Waals surface area contributed by atoms with Crippen LogP contribution in [0.25, 0.3) is 0 Å². The Bertz CT molecular complexity index is 588. The number of hydrogen-bond acceptors (Lipinski definition) is 3. The molecule has 2 amide bonds. The first kappa shape index (κ1) is 19.7. The lowest BCUT2D eigenvalue weighted by molar-refractivity contribution is -0.119. The number of amides is 2. The Morgan fingerprint density at radius 1 is 1.24 bits per heavy atom. The van der Waals surface area contributed by atoms with Crippen LogP contribution in [0.5, 0.6) is 0 Å².